The van der Waals surface area contributed by atoms with Gasteiger partial charge >= 0.3 is 0 Å². The van der Waals surface area contributed by atoms with Gasteiger partial charge in [0.1, 0.15) is 0 Å². The van der Waals surface area contributed by atoms with Crippen LogP contribution in [0.2, 0.25) is 5.02 Å². The maximum atomic E-state index is 13.0. The minimum Gasteiger partial charge on any atom is -0.368 e. The van der Waals surface area contributed by atoms with Crippen molar-refractivity contribution in [2.45, 2.75) is 9.79 Å². The minimum atomic E-state index is -3.64. The van der Waals surface area contributed by atoms with Crippen LogP contribution in [0, 0.1) is 0 Å². The predicted octanol–water partition coefficient (Wildman–Crippen LogP) is 3.06. The lowest BCUT2D eigenvalue weighted by Crippen LogP contribution is -2.43. The lowest BCUT2D eigenvalue weighted by Gasteiger charge is -2.30. The highest BCUT2D eigenvalue weighted by atomic mass is 35.5. The first-order valence-corrected chi connectivity index (χ1v) is 10.00. The Labute approximate surface area is 151 Å². The van der Waals surface area contributed by atoms with Gasteiger partial charge in [-0.1, -0.05) is 29.8 Å². The molecule has 5 nitrogen and oxygen atoms in total. The molecule has 1 fully saturated rings. The van der Waals surface area contributed by atoms with Gasteiger partial charge in [0, 0.05) is 43.3 Å². The summed E-state index contributed by atoms with van der Waals surface area (Å²) in [6.45, 7) is 3.50. The molecule has 0 amide bonds. The molecule has 25 heavy (non-hydrogen) atoms. The second-order valence-corrected chi connectivity index (χ2v) is 8.38. The third kappa shape index (κ3) is 2.90. The van der Waals surface area contributed by atoms with Crippen LogP contribution in [0.5, 0.6) is 0 Å². The van der Waals surface area contributed by atoms with E-state index in [2.05, 4.69) is 15.2 Å². The molecule has 0 aliphatic carbocycles. The fourth-order valence-electron chi connectivity index (χ4n) is 3.21. The molecule has 1 aliphatic rings. The van der Waals surface area contributed by atoms with Crippen LogP contribution in [0.25, 0.3) is 10.9 Å². The van der Waals surface area contributed by atoms with Crippen LogP contribution in [-0.2, 0) is 9.84 Å². The zero-order valence-electron chi connectivity index (χ0n) is 13.5. The van der Waals surface area contributed by atoms with E-state index >= 15 is 0 Å². The molecule has 7 heteroatoms. The van der Waals surface area contributed by atoms with Gasteiger partial charge in [0.2, 0.25) is 9.84 Å². The number of aromatic nitrogens is 1. The number of nitrogens with zero attached hydrogens (tertiary/aromatic N) is 1. The number of benzene rings is 2. The standard InChI is InChI=1S/C18H18ClN3O2S/c19-15-11-13(5-6-17(15)22-9-7-20-8-10-22)25(23,24)18-12-21-16-4-2-1-3-14(16)18/h1-6,11-12,20-21H,7-10H2. The summed E-state index contributed by atoms with van der Waals surface area (Å²) in [5.41, 5.74) is 1.67. The zero-order valence-corrected chi connectivity index (χ0v) is 15.1. The molecule has 0 saturated carbocycles. The average Bonchev–Trinajstić information content (AvgIpc) is 3.07. The highest BCUT2D eigenvalue weighted by Gasteiger charge is 2.23. The molecule has 2 aromatic carbocycles. The third-order valence-corrected chi connectivity index (χ3v) is 6.62. The number of sulfone groups is 1. The van der Waals surface area contributed by atoms with E-state index in [4.69, 9.17) is 11.6 Å². The number of hydrogen-bond donors (Lipinski definition) is 2. The summed E-state index contributed by atoms with van der Waals surface area (Å²) in [5, 5.41) is 4.44. The Morgan fingerprint density at radius 3 is 2.56 bits per heavy atom. The van der Waals surface area contributed by atoms with Gasteiger partial charge in [-0.3, -0.25) is 0 Å². The monoisotopic (exact) mass is 375 g/mol. The third-order valence-electron chi connectivity index (χ3n) is 4.53. The lowest BCUT2D eigenvalue weighted by atomic mass is 10.2. The van der Waals surface area contributed by atoms with E-state index in [0.29, 0.717) is 10.4 Å². The molecule has 1 aromatic heterocycles. The summed E-state index contributed by atoms with van der Waals surface area (Å²) in [5.74, 6) is 0. The number of rotatable bonds is 3. The van der Waals surface area contributed by atoms with E-state index in [9.17, 15) is 8.42 Å². The highest BCUT2D eigenvalue weighted by Crippen LogP contribution is 2.33. The summed E-state index contributed by atoms with van der Waals surface area (Å²) in [6, 6.07) is 12.3. The van der Waals surface area contributed by atoms with Crippen LogP contribution in [-0.4, -0.2) is 39.6 Å². The van der Waals surface area contributed by atoms with Gasteiger partial charge in [0.15, 0.2) is 0 Å². The fourth-order valence-corrected chi connectivity index (χ4v) is 5.03. The molecule has 0 unspecified atom stereocenters. The van der Waals surface area contributed by atoms with E-state index in [1.807, 2.05) is 18.2 Å². The Hall–Kier alpha value is -2.02. The van der Waals surface area contributed by atoms with Crippen molar-refractivity contribution in [3.05, 3.63) is 53.7 Å². The van der Waals surface area contributed by atoms with Crippen LogP contribution < -0.4 is 10.2 Å². The molecule has 3 aromatic rings. The molecule has 1 saturated heterocycles. The summed E-state index contributed by atoms with van der Waals surface area (Å²) < 4.78 is 26.1. The van der Waals surface area contributed by atoms with Gasteiger partial charge in [0.25, 0.3) is 0 Å². The largest absolute Gasteiger partial charge is 0.368 e. The number of anilines is 1. The number of aromatic amines is 1. The SMILES string of the molecule is O=S(=O)(c1ccc(N2CCNCC2)c(Cl)c1)c1c[nH]c2ccccc12. The summed E-state index contributed by atoms with van der Waals surface area (Å²) in [6.07, 6.45) is 1.54. The molecule has 130 valence electrons. The van der Waals surface area contributed by atoms with Crippen molar-refractivity contribution in [2.24, 2.45) is 0 Å². The number of hydrogen-bond acceptors (Lipinski definition) is 4. The highest BCUT2D eigenvalue weighted by molar-refractivity contribution is 7.91. The minimum absolute atomic E-state index is 0.209. The van der Waals surface area contributed by atoms with Crippen molar-refractivity contribution in [1.82, 2.24) is 10.3 Å². The summed E-state index contributed by atoms with van der Waals surface area (Å²) in [4.78, 5) is 5.66. The maximum Gasteiger partial charge on any atom is 0.208 e. The van der Waals surface area contributed by atoms with Crippen molar-refractivity contribution in [3.8, 4) is 0 Å². The number of piperazine rings is 1. The van der Waals surface area contributed by atoms with Crippen LogP contribution in [0.1, 0.15) is 0 Å². The van der Waals surface area contributed by atoms with Crippen LogP contribution in [0.3, 0.4) is 0 Å². The van der Waals surface area contributed by atoms with E-state index in [1.54, 1.807) is 24.3 Å². The van der Waals surface area contributed by atoms with Gasteiger partial charge in [-0.25, -0.2) is 8.42 Å². The molecular formula is C18H18ClN3O2S. The Morgan fingerprint density at radius 2 is 1.80 bits per heavy atom. The molecule has 0 radical (unpaired) electrons. The van der Waals surface area contributed by atoms with E-state index in [0.717, 1.165) is 37.4 Å². The molecule has 2 N–H and O–H groups in total. The molecule has 4 rings (SSSR count). The average molecular weight is 376 g/mol. The Morgan fingerprint density at radius 1 is 1.04 bits per heavy atom. The normalized spacial score (nSPS) is 15.6. The van der Waals surface area contributed by atoms with Gasteiger partial charge in [-0.2, -0.15) is 0 Å². The van der Waals surface area contributed by atoms with Crippen molar-refractivity contribution in [3.63, 3.8) is 0 Å². The number of halogens is 1. The fraction of sp³-hybridized carbons (Fsp3) is 0.222. The molecule has 0 bridgehead atoms. The number of nitrogens with one attached hydrogen (secondary N) is 2. The van der Waals surface area contributed by atoms with Crippen LogP contribution in [0.15, 0.2) is 58.5 Å². The molecule has 0 atom stereocenters. The molecular weight excluding hydrogens is 358 g/mol. The molecule has 2 heterocycles. The topological polar surface area (TPSA) is 65.2 Å². The Balaban J connectivity index is 1.74. The molecule has 0 spiro atoms. The first-order valence-electron chi connectivity index (χ1n) is 8.14. The van der Waals surface area contributed by atoms with Crippen molar-refractivity contribution in [2.75, 3.05) is 31.1 Å². The molecule has 1 aliphatic heterocycles. The van der Waals surface area contributed by atoms with Gasteiger partial charge < -0.3 is 15.2 Å². The summed E-state index contributed by atoms with van der Waals surface area (Å²) >= 11 is 6.41. The Kier molecular flexibility index (Phi) is 4.19. The quantitative estimate of drug-likeness (QED) is 0.738. The summed E-state index contributed by atoms with van der Waals surface area (Å²) in [7, 11) is -3.64. The Bertz CT molecular complexity index is 1020. The number of para-hydroxylation sites is 1. The second kappa shape index (κ2) is 6.37. The van der Waals surface area contributed by atoms with Crippen molar-refractivity contribution in [1.29, 1.82) is 0 Å². The first kappa shape index (κ1) is 16.4. The van der Waals surface area contributed by atoms with Gasteiger partial charge in [0.05, 0.1) is 20.5 Å². The predicted molar refractivity (Wildman–Crippen MR) is 100 cm³/mol. The van der Waals surface area contributed by atoms with E-state index < -0.39 is 9.84 Å². The lowest BCUT2D eigenvalue weighted by molar-refractivity contribution is 0.588. The van der Waals surface area contributed by atoms with E-state index in [-0.39, 0.29) is 9.79 Å². The zero-order chi connectivity index (χ0) is 17.4. The van der Waals surface area contributed by atoms with Crippen molar-refractivity contribution >= 4 is 38.0 Å². The second-order valence-electron chi connectivity index (χ2n) is 6.05. The van der Waals surface area contributed by atoms with Crippen LogP contribution in [0.4, 0.5) is 5.69 Å². The number of H-pyrrole nitrogens is 1. The van der Waals surface area contributed by atoms with E-state index in [1.165, 1.54) is 6.20 Å². The van der Waals surface area contributed by atoms with Gasteiger partial charge in [-0.15, -0.1) is 0 Å². The first-order chi connectivity index (χ1) is 12.1. The maximum absolute atomic E-state index is 13.0. The van der Waals surface area contributed by atoms with Gasteiger partial charge in [-0.05, 0) is 24.3 Å². The smallest absolute Gasteiger partial charge is 0.208 e. The number of fused-ring (bicyclic) bond motifs is 1. The van der Waals surface area contributed by atoms with Crippen molar-refractivity contribution < 1.29 is 8.42 Å². The van der Waals surface area contributed by atoms with Crippen LogP contribution >= 0.6 is 11.6 Å².